The SMILES string of the molecule is C[C@@]1(O)C=c2ccccc2=C(c2c(O)c(O)cc3ccccc23)[C@H]1O. The maximum atomic E-state index is 10.9. The maximum Gasteiger partial charge on any atom is 0.165 e. The van der Waals surface area contributed by atoms with Gasteiger partial charge >= 0.3 is 0 Å². The van der Waals surface area contributed by atoms with Crippen LogP contribution in [-0.2, 0) is 0 Å². The van der Waals surface area contributed by atoms with E-state index in [0.29, 0.717) is 21.7 Å². The molecule has 1 aliphatic carbocycles. The van der Waals surface area contributed by atoms with Crippen LogP contribution in [0.4, 0.5) is 0 Å². The first-order chi connectivity index (χ1) is 11.9. The fraction of sp³-hybridized carbons (Fsp3) is 0.143. The van der Waals surface area contributed by atoms with Crippen LogP contribution in [0.2, 0.25) is 0 Å². The summed E-state index contributed by atoms with van der Waals surface area (Å²) in [6.07, 6.45) is 0.358. The standard InChI is InChI=1S/C21H18O4/c1-21(25)11-13-7-3-5-9-15(13)18(20(21)24)17-14-8-4-2-6-12(14)10-16(22)19(17)23/h2-11,20,22-25H,1H3/t20-,21-/m1/s1. The molecule has 0 fully saturated rings. The second-order valence-electron chi connectivity index (χ2n) is 6.61. The Morgan fingerprint density at radius 1 is 0.960 bits per heavy atom. The molecule has 25 heavy (non-hydrogen) atoms. The Hall–Kier alpha value is -2.82. The first-order valence-corrected chi connectivity index (χ1v) is 8.07. The van der Waals surface area contributed by atoms with Crippen molar-refractivity contribution in [2.75, 3.05) is 0 Å². The van der Waals surface area contributed by atoms with Gasteiger partial charge in [0.25, 0.3) is 0 Å². The minimum atomic E-state index is -1.50. The van der Waals surface area contributed by atoms with E-state index in [4.69, 9.17) is 0 Å². The molecule has 0 unspecified atom stereocenters. The Balaban J connectivity index is 2.24. The van der Waals surface area contributed by atoms with Crippen molar-refractivity contribution < 1.29 is 20.4 Å². The number of phenolic OH excluding ortho intramolecular Hbond substituents is 2. The molecule has 0 amide bonds. The van der Waals surface area contributed by atoms with Crippen molar-refractivity contribution in [1.82, 2.24) is 0 Å². The lowest BCUT2D eigenvalue weighted by molar-refractivity contribution is 0.0168. The first kappa shape index (κ1) is 15.7. The maximum absolute atomic E-state index is 10.9. The van der Waals surface area contributed by atoms with E-state index in [0.717, 1.165) is 10.6 Å². The summed E-state index contributed by atoms with van der Waals surface area (Å²) in [5.41, 5.74) is -0.764. The molecule has 3 aromatic carbocycles. The Bertz CT molecular complexity index is 1110. The lowest BCUT2D eigenvalue weighted by Gasteiger charge is -2.32. The number of benzene rings is 3. The van der Waals surface area contributed by atoms with Crippen molar-refractivity contribution in [3.63, 3.8) is 0 Å². The van der Waals surface area contributed by atoms with Gasteiger partial charge in [0.2, 0.25) is 0 Å². The van der Waals surface area contributed by atoms with Gasteiger partial charge in [0.15, 0.2) is 11.5 Å². The number of aliphatic hydroxyl groups is 2. The fourth-order valence-corrected chi connectivity index (χ4v) is 3.57. The van der Waals surface area contributed by atoms with Crippen LogP contribution >= 0.6 is 0 Å². The van der Waals surface area contributed by atoms with E-state index in [1.807, 2.05) is 48.5 Å². The smallest absolute Gasteiger partial charge is 0.165 e. The fourth-order valence-electron chi connectivity index (χ4n) is 3.57. The molecule has 0 bridgehead atoms. The number of aliphatic hydroxyl groups excluding tert-OH is 1. The Morgan fingerprint density at radius 3 is 2.44 bits per heavy atom. The lowest BCUT2D eigenvalue weighted by atomic mass is 9.80. The van der Waals surface area contributed by atoms with Crippen molar-refractivity contribution in [2.45, 2.75) is 18.6 Å². The molecule has 0 spiro atoms. The van der Waals surface area contributed by atoms with E-state index in [-0.39, 0.29) is 11.5 Å². The van der Waals surface area contributed by atoms with Crippen LogP contribution in [0.1, 0.15) is 12.5 Å². The predicted molar refractivity (Wildman–Crippen MR) is 96.6 cm³/mol. The highest BCUT2D eigenvalue weighted by atomic mass is 16.3. The highest BCUT2D eigenvalue weighted by Crippen LogP contribution is 2.41. The molecule has 4 heteroatoms. The van der Waals surface area contributed by atoms with Gasteiger partial charge in [0.05, 0.1) is 0 Å². The van der Waals surface area contributed by atoms with E-state index in [9.17, 15) is 20.4 Å². The normalized spacial score (nSPS) is 22.5. The Morgan fingerprint density at radius 2 is 1.64 bits per heavy atom. The van der Waals surface area contributed by atoms with Crippen LogP contribution in [-0.4, -0.2) is 32.1 Å². The molecular formula is C21H18O4. The predicted octanol–water partition coefficient (Wildman–Crippen LogP) is 1.36. The van der Waals surface area contributed by atoms with Gasteiger partial charge in [-0.1, -0.05) is 48.5 Å². The summed E-state index contributed by atoms with van der Waals surface area (Å²) in [6, 6.07) is 16.2. The molecule has 4 rings (SSSR count). The van der Waals surface area contributed by atoms with E-state index < -0.39 is 11.7 Å². The zero-order valence-corrected chi connectivity index (χ0v) is 13.6. The molecule has 0 aromatic heterocycles. The third-order valence-corrected chi connectivity index (χ3v) is 4.80. The van der Waals surface area contributed by atoms with Crippen LogP contribution in [0.25, 0.3) is 22.4 Å². The first-order valence-electron chi connectivity index (χ1n) is 8.07. The summed E-state index contributed by atoms with van der Waals surface area (Å²) >= 11 is 0. The molecule has 126 valence electrons. The third kappa shape index (κ3) is 2.30. The number of hydrogen-bond donors (Lipinski definition) is 4. The number of phenols is 2. The second-order valence-corrected chi connectivity index (χ2v) is 6.61. The van der Waals surface area contributed by atoms with Gasteiger partial charge in [0, 0.05) is 11.1 Å². The van der Waals surface area contributed by atoms with Crippen LogP contribution < -0.4 is 10.4 Å². The summed E-state index contributed by atoms with van der Waals surface area (Å²) in [4.78, 5) is 0. The molecule has 0 saturated carbocycles. The van der Waals surface area contributed by atoms with Gasteiger partial charge in [-0.3, -0.25) is 0 Å². The van der Waals surface area contributed by atoms with E-state index >= 15 is 0 Å². The molecule has 0 saturated heterocycles. The van der Waals surface area contributed by atoms with Crippen LogP contribution in [0.15, 0.2) is 54.6 Å². The third-order valence-electron chi connectivity index (χ3n) is 4.80. The van der Waals surface area contributed by atoms with Crippen molar-refractivity contribution in [1.29, 1.82) is 0 Å². The van der Waals surface area contributed by atoms with E-state index in [1.54, 1.807) is 6.08 Å². The van der Waals surface area contributed by atoms with Gasteiger partial charge in [-0.2, -0.15) is 0 Å². The zero-order chi connectivity index (χ0) is 17.8. The molecule has 0 heterocycles. The summed E-state index contributed by atoms with van der Waals surface area (Å²) in [6.45, 7) is 1.52. The average molecular weight is 334 g/mol. The van der Waals surface area contributed by atoms with Crippen LogP contribution in [0.5, 0.6) is 11.5 Å². The van der Waals surface area contributed by atoms with E-state index in [2.05, 4.69) is 0 Å². The molecule has 2 atom stereocenters. The van der Waals surface area contributed by atoms with Crippen molar-refractivity contribution in [3.8, 4) is 11.5 Å². The average Bonchev–Trinajstić information content (AvgIpc) is 2.58. The molecule has 0 aliphatic heterocycles. The number of hydrogen-bond acceptors (Lipinski definition) is 4. The minimum absolute atomic E-state index is 0.264. The summed E-state index contributed by atoms with van der Waals surface area (Å²) < 4.78 is 0. The minimum Gasteiger partial charge on any atom is -0.504 e. The monoisotopic (exact) mass is 334 g/mol. The van der Waals surface area contributed by atoms with Gasteiger partial charge < -0.3 is 20.4 Å². The van der Waals surface area contributed by atoms with Gasteiger partial charge in [-0.25, -0.2) is 0 Å². The lowest BCUT2D eigenvalue weighted by Crippen LogP contribution is -2.49. The van der Waals surface area contributed by atoms with Crippen LogP contribution in [0, 0.1) is 0 Å². The largest absolute Gasteiger partial charge is 0.504 e. The van der Waals surface area contributed by atoms with Crippen LogP contribution in [0.3, 0.4) is 0 Å². The topological polar surface area (TPSA) is 80.9 Å². The molecule has 3 aromatic rings. The number of fused-ring (bicyclic) bond motifs is 2. The Labute approximate surface area is 144 Å². The Kier molecular flexibility index (Phi) is 3.35. The summed E-state index contributed by atoms with van der Waals surface area (Å²) in [5.74, 6) is -0.569. The quantitative estimate of drug-likeness (QED) is 0.507. The highest BCUT2D eigenvalue weighted by molar-refractivity contribution is 5.99. The highest BCUT2D eigenvalue weighted by Gasteiger charge is 2.36. The molecule has 1 aliphatic rings. The number of rotatable bonds is 1. The molecule has 0 radical (unpaired) electrons. The molecule has 4 nitrogen and oxygen atoms in total. The molecular weight excluding hydrogens is 316 g/mol. The second kappa shape index (κ2) is 5.34. The van der Waals surface area contributed by atoms with Crippen molar-refractivity contribution in [2.24, 2.45) is 0 Å². The van der Waals surface area contributed by atoms with Gasteiger partial charge in [-0.05, 0) is 40.3 Å². The summed E-state index contributed by atoms with van der Waals surface area (Å²) in [5, 5.41) is 45.2. The summed E-state index contributed by atoms with van der Waals surface area (Å²) in [7, 11) is 0. The zero-order valence-electron chi connectivity index (χ0n) is 13.6. The van der Waals surface area contributed by atoms with Gasteiger partial charge in [-0.15, -0.1) is 0 Å². The molecule has 4 N–H and O–H groups in total. The number of aromatic hydroxyl groups is 2. The van der Waals surface area contributed by atoms with Gasteiger partial charge in [0.1, 0.15) is 11.7 Å². The van der Waals surface area contributed by atoms with Crippen molar-refractivity contribution in [3.05, 3.63) is 70.6 Å². The van der Waals surface area contributed by atoms with Crippen molar-refractivity contribution >= 4 is 22.4 Å². The van der Waals surface area contributed by atoms with E-state index in [1.165, 1.54) is 13.0 Å².